The third-order valence-electron chi connectivity index (χ3n) is 5.35. The molecule has 0 atom stereocenters. The Morgan fingerprint density at radius 1 is 0.727 bits per heavy atom. The molecule has 2 amide bonds. The number of furan rings is 1. The second kappa shape index (κ2) is 11.0. The first-order chi connectivity index (χ1) is 16.2. The zero-order valence-corrected chi connectivity index (χ0v) is 18.3. The number of nitrogens with one attached hydrogen (secondary N) is 1. The van der Waals surface area contributed by atoms with E-state index in [1.807, 2.05) is 72.8 Å². The van der Waals surface area contributed by atoms with Gasteiger partial charge in [-0.05, 0) is 47.4 Å². The molecule has 5 heteroatoms. The van der Waals surface area contributed by atoms with Crippen LogP contribution in [0.15, 0.2) is 108 Å². The fourth-order valence-electron chi connectivity index (χ4n) is 3.61. The minimum atomic E-state index is -0.213. The number of hydrogen-bond acceptors (Lipinski definition) is 3. The molecule has 1 aromatic heterocycles. The first-order valence-corrected chi connectivity index (χ1v) is 11.0. The van der Waals surface area contributed by atoms with Gasteiger partial charge >= 0.3 is 0 Å². The standard InChI is InChI=1S/C28H26N2O3/c31-27(29-18-17-22-8-3-1-4-9-22)20-23-13-15-25(16-14-23)30(21-24-10-5-2-6-11-24)28(32)26-12-7-19-33-26/h1-16,19H,17-18,20-21H2,(H,29,31). The Hall–Kier alpha value is -4.12. The molecule has 0 fully saturated rings. The van der Waals surface area contributed by atoms with Crippen LogP contribution in [-0.4, -0.2) is 18.4 Å². The molecule has 0 aliphatic heterocycles. The van der Waals surface area contributed by atoms with Crippen LogP contribution >= 0.6 is 0 Å². The van der Waals surface area contributed by atoms with Gasteiger partial charge in [0.15, 0.2) is 5.76 Å². The molecule has 33 heavy (non-hydrogen) atoms. The number of anilines is 1. The van der Waals surface area contributed by atoms with Gasteiger partial charge in [0.1, 0.15) is 0 Å². The zero-order valence-electron chi connectivity index (χ0n) is 18.3. The van der Waals surface area contributed by atoms with E-state index in [1.54, 1.807) is 17.0 Å². The molecule has 166 valence electrons. The van der Waals surface area contributed by atoms with Crippen LogP contribution < -0.4 is 10.2 Å². The van der Waals surface area contributed by atoms with Crippen LogP contribution in [0.4, 0.5) is 5.69 Å². The summed E-state index contributed by atoms with van der Waals surface area (Å²) < 4.78 is 5.34. The molecular weight excluding hydrogens is 412 g/mol. The van der Waals surface area contributed by atoms with E-state index in [1.165, 1.54) is 11.8 Å². The first kappa shape index (κ1) is 22.1. The van der Waals surface area contributed by atoms with Crippen LogP contribution in [0.25, 0.3) is 0 Å². The van der Waals surface area contributed by atoms with E-state index in [0.717, 1.165) is 23.2 Å². The van der Waals surface area contributed by atoms with E-state index in [-0.39, 0.29) is 17.6 Å². The summed E-state index contributed by atoms with van der Waals surface area (Å²) in [5.41, 5.74) is 3.84. The molecule has 0 unspecified atom stereocenters. The maximum absolute atomic E-state index is 13.1. The van der Waals surface area contributed by atoms with Crippen LogP contribution in [-0.2, 0) is 24.2 Å². The van der Waals surface area contributed by atoms with E-state index < -0.39 is 0 Å². The molecular formula is C28H26N2O3. The van der Waals surface area contributed by atoms with Crippen LogP contribution in [0.1, 0.15) is 27.2 Å². The smallest absolute Gasteiger partial charge is 0.294 e. The molecule has 0 saturated carbocycles. The highest BCUT2D eigenvalue weighted by Crippen LogP contribution is 2.21. The van der Waals surface area contributed by atoms with Gasteiger partial charge in [-0.1, -0.05) is 72.8 Å². The van der Waals surface area contributed by atoms with Crippen molar-refractivity contribution in [2.45, 2.75) is 19.4 Å². The molecule has 0 aliphatic carbocycles. The lowest BCUT2D eigenvalue weighted by Crippen LogP contribution is -2.30. The average molecular weight is 439 g/mol. The van der Waals surface area contributed by atoms with Crippen LogP contribution in [0, 0.1) is 0 Å². The normalized spacial score (nSPS) is 10.5. The molecule has 1 heterocycles. The summed E-state index contributed by atoms with van der Waals surface area (Å²) in [4.78, 5) is 27.1. The highest BCUT2D eigenvalue weighted by atomic mass is 16.3. The molecule has 0 radical (unpaired) electrons. The molecule has 3 aromatic carbocycles. The van der Waals surface area contributed by atoms with Crippen molar-refractivity contribution in [2.24, 2.45) is 0 Å². The number of carbonyl (C=O) groups is 2. The lowest BCUT2D eigenvalue weighted by molar-refractivity contribution is -0.120. The Kier molecular flexibility index (Phi) is 7.33. The Morgan fingerprint density at radius 3 is 2.03 bits per heavy atom. The van der Waals surface area contributed by atoms with Crippen molar-refractivity contribution in [1.29, 1.82) is 0 Å². The molecule has 1 N–H and O–H groups in total. The predicted molar refractivity (Wildman–Crippen MR) is 129 cm³/mol. The van der Waals surface area contributed by atoms with Gasteiger partial charge in [0.2, 0.25) is 5.91 Å². The van der Waals surface area contributed by atoms with E-state index in [4.69, 9.17) is 4.42 Å². The molecule has 4 aromatic rings. The van der Waals surface area contributed by atoms with Crippen molar-refractivity contribution < 1.29 is 14.0 Å². The van der Waals surface area contributed by atoms with E-state index in [2.05, 4.69) is 17.4 Å². The minimum absolute atomic E-state index is 0.0218. The molecule has 5 nitrogen and oxygen atoms in total. The number of hydrogen-bond donors (Lipinski definition) is 1. The largest absolute Gasteiger partial charge is 0.459 e. The molecule has 4 rings (SSSR count). The molecule has 0 spiro atoms. The Labute approximate surface area is 193 Å². The third-order valence-corrected chi connectivity index (χ3v) is 5.35. The van der Waals surface area contributed by atoms with Gasteiger partial charge in [-0.2, -0.15) is 0 Å². The SMILES string of the molecule is O=C(Cc1ccc(N(Cc2ccccc2)C(=O)c2ccco2)cc1)NCCc1ccccc1. The van der Waals surface area contributed by atoms with Gasteiger partial charge in [0.05, 0.1) is 19.2 Å². The summed E-state index contributed by atoms with van der Waals surface area (Å²) in [5, 5.41) is 2.97. The highest BCUT2D eigenvalue weighted by molar-refractivity contribution is 6.04. The maximum Gasteiger partial charge on any atom is 0.294 e. The van der Waals surface area contributed by atoms with Crippen molar-refractivity contribution in [2.75, 3.05) is 11.4 Å². The van der Waals surface area contributed by atoms with Crippen molar-refractivity contribution in [3.8, 4) is 0 Å². The molecule has 0 aliphatic rings. The van der Waals surface area contributed by atoms with Crippen LogP contribution in [0.2, 0.25) is 0 Å². The van der Waals surface area contributed by atoms with Crippen molar-refractivity contribution in [3.05, 3.63) is 126 Å². The topological polar surface area (TPSA) is 62.6 Å². The highest BCUT2D eigenvalue weighted by Gasteiger charge is 2.20. The zero-order chi connectivity index (χ0) is 22.9. The predicted octanol–water partition coefficient (Wildman–Crippen LogP) is 5.03. The quantitative estimate of drug-likeness (QED) is 0.399. The average Bonchev–Trinajstić information content (AvgIpc) is 3.39. The summed E-state index contributed by atoms with van der Waals surface area (Å²) in [7, 11) is 0. The maximum atomic E-state index is 13.1. The van der Waals surface area contributed by atoms with Gasteiger partial charge < -0.3 is 14.6 Å². The number of nitrogens with zero attached hydrogens (tertiary/aromatic N) is 1. The van der Waals surface area contributed by atoms with E-state index in [9.17, 15) is 9.59 Å². The summed E-state index contributed by atoms with van der Waals surface area (Å²) in [6.45, 7) is 1.02. The molecule has 0 saturated heterocycles. The second-order valence-electron chi connectivity index (χ2n) is 7.78. The Morgan fingerprint density at radius 2 is 1.39 bits per heavy atom. The minimum Gasteiger partial charge on any atom is -0.459 e. The van der Waals surface area contributed by atoms with E-state index in [0.29, 0.717) is 19.5 Å². The fraction of sp³-hybridized carbons (Fsp3) is 0.143. The number of benzene rings is 3. The van der Waals surface area contributed by atoms with Gasteiger partial charge in [-0.15, -0.1) is 0 Å². The van der Waals surface area contributed by atoms with Crippen LogP contribution in [0.5, 0.6) is 0 Å². The van der Waals surface area contributed by atoms with Gasteiger partial charge in [-0.3, -0.25) is 9.59 Å². The van der Waals surface area contributed by atoms with Gasteiger partial charge in [0.25, 0.3) is 5.91 Å². The summed E-state index contributed by atoms with van der Waals surface area (Å²) in [6, 6.07) is 30.8. The third kappa shape index (κ3) is 6.20. The van der Waals surface area contributed by atoms with Crippen molar-refractivity contribution >= 4 is 17.5 Å². The first-order valence-electron chi connectivity index (χ1n) is 11.0. The summed E-state index contributed by atoms with van der Waals surface area (Å²) in [5.74, 6) is 0.0505. The lowest BCUT2D eigenvalue weighted by Gasteiger charge is -2.22. The summed E-state index contributed by atoms with van der Waals surface area (Å²) >= 11 is 0. The number of rotatable bonds is 9. The fourth-order valence-corrected chi connectivity index (χ4v) is 3.61. The van der Waals surface area contributed by atoms with E-state index >= 15 is 0 Å². The van der Waals surface area contributed by atoms with Crippen molar-refractivity contribution in [3.63, 3.8) is 0 Å². The summed E-state index contributed by atoms with van der Waals surface area (Å²) in [6.07, 6.45) is 2.59. The number of amides is 2. The molecule has 0 bridgehead atoms. The van der Waals surface area contributed by atoms with Gasteiger partial charge in [0, 0.05) is 12.2 Å². The number of carbonyl (C=O) groups excluding carboxylic acids is 2. The Bertz CT molecular complexity index is 1160. The van der Waals surface area contributed by atoms with Gasteiger partial charge in [-0.25, -0.2) is 0 Å². The monoisotopic (exact) mass is 438 g/mol. The lowest BCUT2D eigenvalue weighted by atomic mass is 10.1. The van der Waals surface area contributed by atoms with Crippen molar-refractivity contribution in [1.82, 2.24) is 5.32 Å². The second-order valence-corrected chi connectivity index (χ2v) is 7.78. The van der Waals surface area contributed by atoms with Crippen LogP contribution in [0.3, 0.4) is 0 Å². The Balaban J connectivity index is 1.40.